The van der Waals surface area contributed by atoms with Gasteiger partial charge in [0.05, 0.1) is 52.9 Å². The number of thioether (sulfide) groups is 8. The van der Waals surface area contributed by atoms with Gasteiger partial charge in [0.1, 0.15) is 1.41 Å². The number of hydrogen-bond acceptors (Lipinski definition) is 17. The van der Waals surface area contributed by atoms with Crippen molar-refractivity contribution in [2.24, 2.45) is 5.73 Å². The Labute approximate surface area is 602 Å². The summed E-state index contributed by atoms with van der Waals surface area (Å²) in [5, 5.41) is 0. The van der Waals surface area contributed by atoms with E-state index in [1.807, 2.05) is 75.5 Å². The van der Waals surface area contributed by atoms with E-state index in [-0.39, 0.29) is 23.6 Å². The molecule has 21 heteroatoms. The van der Waals surface area contributed by atoms with Gasteiger partial charge in [-0.1, -0.05) is 108 Å². The molecule has 534 valence electrons. The Morgan fingerprint density at radius 3 is 1.03 bits per heavy atom. The molecule has 13 nitrogen and oxygen atoms in total. The van der Waals surface area contributed by atoms with Crippen LogP contribution in [0.4, 0.5) is 0 Å². The van der Waals surface area contributed by atoms with Crippen LogP contribution in [0.25, 0.3) is 0 Å². The predicted molar refractivity (Wildman–Crippen MR) is 417 cm³/mol. The lowest BCUT2D eigenvalue weighted by Gasteiger charge is -2.22. The minimum absolute atomic E-state index is 0.210. The van der Waals surface area contributed by atoms with E-state index >= 15 is 0 Å². The second-order valence-electron chi connectivity index (χ2n) is 22.9. The number of ether oxygens (including phenoxy) is 4. The molecule has 2 aromatic carbocycles. The number of carbonyl (C=O) groups is 4. The van der Waals surface area contributed by atoms with E-state index < -0.39 is 0 Å². The van der Waals surface area contributed by atoms with Gasteiger partial charge in [-0.15, -0.1) is 6.58 Å². The average molecular weight is 1450 g/mol. The van der Waals surface area contributed by atoms with Crippen molar-refractivity contribution in [1.82, 2.24) is 19.6 Å². The first-order chi connectivity index (χ1) is 46.2. The minimum atomic E-state index is 0.210. The first-order valence-electron chi connectivity index (χ1n) is 35.6. The fourth-order valence-corrected chi connectivity index (χ4v) is 16.1. The SMILES string of the molecule is [2H]NCCCSCCOCCOCCSCCC(=O)N(CCCC)CCCSCc1ccc(CSCCC(=O)N(CCCC)CCCSCCc2ccc(CSCCC(=O)N(CCCC)CCCSCCOCCOCCSCCC(=O)N(CC=C)CCCC)cc2)cc1. The summed E-state index contributed by atoms with van der Waals surface area (Å²) < 4.78 is 29.8. The second-order valence-corrected chi connectivity index (χ2v) is 32.3. The summed E-state index contributed by atoms with van der Waals surface area (Å²) in [5.74, 6) is 16.0. The maximum absolute atomic E-state index is 13.4. The van der Waals surface area contributed by atoms with Crippen LogP contribution in [0.15, 0.2) is 61.2 Å². The van der Waals surface area contributed by atoms with Gasteiger partial charge in [-0.05, 0) is 115 Å². The summed E-state index contributed by atoms with van der Waals surface area (Å²) >= 11 is 14.9. The van der Waals surface area contributed by atoms with Gasteiger partial charge in [0.2, 0.25) is 23.6 Å². The third kappa shape index (κ3) is 50.6. The highest BCUT2D eigenvalue weighted by Crippen LogP contribution is 2.21. The van der Waals surface area contributed by atoms with E-state index in [0.29, 0.717) is 78.5 Å². The standard InChI is InChI=1S/C72H125N5O8S8/c1-6-11-34-74(33-10-5)69(78)28-54-89-60-47-85-44-42-83-46-59-88-51-17-39-76(36-13-8-3)72(81)30-56-92-63-66-21-19-65(20-22-66)27-53-86-50-16-38-75(35-12-7-2)71(80)31-57-93-64-68-25-23-67(24-26-68)62-91-52-18-40-77(37-14-9-4)70(79)29-55-90-61-48-84-43-41-82-45-58-87-49-15-32-73/h10,19-26H,5-9,11-18,27-64,73H2,1-4H3/i/hD. The molecule has 0 heterocycles. The Morgan fingerprint density at radius 2 is 0.667 bits per heavy atom. The summed E-state index contributed by atoms with van der Waals surface area (Å²) in [5.41, 5.74) is 7.72. The van der Waals surface area contributed by atoms with E-state index in [1.54, 1.807) is 29.6 Å². The van der Waals surface area contributed by atoms with Crippen molar-refractivity contribution in [3.63, 3.8) is 0 Å². The highest BCUT2D eigenvalue weighted by Gasteiger charge is 2.17. The molecule has 0 aliphatic carbocycles. The number of nitrogens with zero attached hydrogens (tertiary/aromatic N) is 4. The Kier molecular flexibility index (Phi) is 60.3. The molecule has 0 aliphatic heterocycles. The number of carbonyl (C=O) groups excluding carboxylic acids is 4. The van der Waals surface area contributed by atoms with Gasteiger partial charge in [0, 0.05) is 141 Å². The normalized spacial score (nSPS) is 11.5. The van der Waals surface area contributed by atoms with Crippen LogP contribution in [0, 0.1) is 0 Å². The second kappa shape index (κ2) is 65.3. The minimum Gasteiger partial charge on any atom is -0.378 e. The molecule has 0 radical (unpaired) electrons. The molecule has 2 N–H and O–H groups in total. The van der Waals surface area contributed by atoms with E-state index in [9.17, 15) is 19.2 Å². The van der Waals surface area contributed by atoms with Crippen molar-refractivity contribution in [3.8, 4) is 0 Å². The highest BCUT2D eigenvalue weighted by atomic mass is 32.2. The number of hydrogen-bond donors (Lipinski definition) is 1. The number of benzene rings is 2. The van der Waals surface area contributed by atoms with E-state index in [1.165, 1.54) is 22.3 Å². The summed E-state index contributed by atoms with van der Waals surface area (Å²) in [7, 11) is 0. The van der Waals surface area contributed by atoms with Gasteiger partial charge in [-0.3, -0.25) is 19.2 Å². The first kappa shape index (κ1) is 85.9. The average Bonchev–Trinajstić information content (AvgIpc) is 1.93. The molecule has 4 amide bonds. The lowest BCUT2D eigenvalue weighted by Crippen LogP contribution is -2.33. The van der Waals surface area contributed by atoms with Gasteiger partial charge in [0.15, 0.2) is 0 Å². The van der Waals surface area contributed by atoms with Gasteiger partial charge >= 0.3 is 0 Å². The molecule has 0 atom stereocenters. The van der Waals surface area contributed by atoms with Crippen molar-refractivity contribution in [2.45, 2.75) is 154 Å². The highest BCUT2D eigenvalue weighted by molar-refractivity contribution is 8.00. The van der Waals surface area contributed by atoms with Crippen LogP contribution in [-0.2, 0) is 61.8 Å². The molecule has 0 saturated heterocycles. The summed E-state index contributed by atoms with van der Waals surface area (Å²) in [6, 6.07) is 18.0. The quantitative estimate of drug-likeness (QED) is 0.0495. The molecule has 2 aromatic rings. The van der Waals surface area contributed by atoms with Crippen LogP contribution in [0.5, 0.6) is 0 Å². The fraction of sp³-hybridized carbons (Fsp3) is 0.750. The zero-order chi connectivity index (χ0) is 67.8. The maximum Gasteiger partial charge on any atom is 0.223 e. The van der Waals surface area contributed by atoms with E-state index in [0.717, 1.165) is 234 Å². The number of rotatable bonds is 69. The van der Waals surface area contributed by atoms with E-state index in [4.69, 9.17) is 20.4 Å². The van der Waals surface area contributed by atoms with Crippen LogP contribution in [0.3, 0.4) is 0 Å². The largest absolute Gasteiger partial charge is 0.378 e. The Morgan fingerprint density at radius 1 is 0.376 bits per heavy atom. The molecule has 0 aromatic heterocycles. The van der Waals surface area contributed by atoms with Crippen molar-refractivity contribution in [2.75, 3.05) is 187 Å². The predicted octanol–water partition coefficient (Wildman–Crippen LogP) is 15.1. The van der Waals surface area contributed by atoms with Gasteiger partial charge in [-0.2, -0.15) is 94.1 Å². The molecule has 0 spiro atoms. The molecule has 93 heavy (non-hydrogen) atoms. The van der Waals surface area contributed by atoms with Crippen LogP contribution in [-0.4, -0.2) is 230 Å². The fourth-order valence-electron chi connectivity index (χ4n) is 9.39. The topological polar surface area (TPSA) is 144 Å². The van der Waals surface area contributed by atoms with Crippen molar-refractivity contribution in [3.05, 3.63) is 83.4 Å². The molecule has 0 bridgehead atoms. The van der Waals surface area contributed by atoms with Crippen LogP contribution < -0.4 is 5.73 Å². The van der Waals surface area contributed by atoms with E-state index in [2.05, 4.69) is 103 Å². The molecular weight excluding hydrogens is 1320 g/mol. The smallest absolute Gasteiger partial charge is 0.223 e. The molecule has 0 fully saturated rings. The van der Waals surface area contributed by atoms with Crippen LogP contribution >= 0.6 is 94.1 Å². The molecule has 0 saturated carbocycles. The number of aryl methyl sites for hydroxylation is 1. The van der Waals surface area contributed by atoms with Gasteiger partial charge in [0.25, 0.3) is 0 Å². The summed E-state index contributed by atoms with van der Waals surface area (Å²) in [6.45, 7) is 24.8. The van der Waals surface area contributed by atoms with Gasteiger partial charge < -0.3 is 44.3 Å². The Hall–Kier alpha value is -1.34. The third-order valence-electron chi connectivity index (χ3n) is 15.0. The molecule has 2 rings (SSSR count). The Bertz CT molecular complexity index is 2120. The zero-order valence-electron chi connectivity index (χ0n) is 59.1. The van der Waals surface area contributed by atoms with Crippen molar-refractivity contribution < 1.29 is 39.5 Å². The van der Waals surface area contributed by atoms with Crippen molar-refractivity contribution >= 4 is 118 Å². The molecular formula is C72H125N5O8S8. The van der Waals surface area contributed by atoms with Gasteiger partial charge in [-0.25, -0.2) is 0 Å². The van der Waals surface area contributed by atoms with Crippen LogP contribution in [0.2, 0.25) is 1.41 Å². The first-order valence-corrected chi connectivity index (χ1v) is 44.4. The number of nitrogens with two attached hydrogens (primary N) is 1. The number of unbranched alkanes of at least 4 members (excludes halogenated alkanes) is 4. The lowest BCUT2D eigenvalue weighted by molar-refractivity contribution is -0.131. The third-order valence-corrected chi connectivity index (χ3v) is 23.2. The van der Waals surface area contributed by atoms with Crippen molar-refractivity contribution in [1.29, 1.82) is 0 Å². The monoisotopic (exact) mass is 1440 g/mol. The van der Waals surface area contributed by atoms with Crippen LogP contribution in [0.1, 0.15) is 153 Å². The lowest BCUT2D eigenvalue weighted by atomic mass is 10.1. The summed E-state index contributed by atoms with van der Waals surface area (Å²) in [4.78, 5) is 60.5. The maximum atomic E-state index is 13.4. The molecule has 0 unspecified atom stereocenters. The summed E-state index contributed by atoms with van der Waals surface area (Å²) in [6.07, 6.45) is 17.7. The zero-order valence-corrected chi connectivity index (χ0v) is 64.6. The number of amides is 4. The molecule has 0 aliphatic rings. The Balaban J connectivity index is 1.52.